The van der Waals surface area contributed by atoms with Crippen molar-refractivity contribution in [2.24, 2.45) is 11.7 Å². The first kappa shape index (κ1) is 12.3. The average molecular weight is 216 g/mol. The van der Waals surface area contributed by atoms with E-state index in [2.05, 4.69) is 24.0 Å². The van der Waals surface area contributed by atoms with E-state index in [0.29, 0.717) is 5.92 Å². The Balaban J connectivity index is 1.84. The van der Waals surface area contributed by atoms with E-state index in [1.807, 2.05) is 0 Å². The van der Waals surface area contributed by atoms with E-state index in [1.54, 1.807) is 0 Å². The van der Waals surface area contributed by atoms with E-state index in [-0.39, 0.29) is 0 Å². The van der Waals surface area contributed by atoms with Crippen LogP contribution in [0.1, 0.15) is 32.6 Å². The molecule has 0 aromatic carbocycles. The van der Waals surface area contributed by atoms with Crippen molar-refractivity contribution in [1.82, 2.24) is 5.32 Å². The number of thioether (sulfide) groups is 1. The first-order valence-electron chi connectivity index (χ1n) is 5.84. The number of nitrogens with two attached hydrogens (primary N) is 1. The third kappa shape index (κ3) is 5.23. The Labute approximate surface area is 92.4 Å². The quantitative estimate of drug-likeness (QED) is 0.638. The van der Waals surface area contributed by atoms with Crippen LogP contribution in [0, 0.1) is 5.92 Å². The molecule has 0 saturated carbocycles. The molecule has 84 valence electrons. The zero-order valence-corrected chi connectivity index (χ0v) is 10.1. The van der Waals surface area contributed by atoms with Gasteiger partial charge in [0.05, 0.1) is 0 Å². The van der Waals surface area contributed by atoms with E-state index in [4.69, 9.17) is 5.73 Å². The highest BCUT2D eigenvalue weighted by Gasteiger charge is 2.12. The van der Waals surface area contributed by atoms with Crippen LogP contribution in [0.5, 0.6) is 0 Å². The molecule has 0 aromatic rings. The molecule has 0 amide bonds. The van der Waals surface area contributed by atoms with Gasteiger partial charge in [0.15, 0.2) is 0 Å². The van der Waals surface area contributed by atoms with Gasteiger partial charge < -0.3 is 11.1 Å². The van der Waals surface area contributed by atoms with E-state index in [9.17, 15) is 0 Å². The fourth-order valence-electron chi connectivity index (χ4n) is 1.79. The molecular weight excluding hydrogens is 192 g/mol. The van der Waals surface area contributed by atoms with Crippen molar-refractivity contribution in [2.75, 3.05) is 24.6 Å². The zero-order chi connectivity index (χ0) is 10.2. The van der Waals surface area contributed by atoms with Gasteiger partial charge in [-0.15, -0.1) is 0 Å². The lowest BCUT2D eigenvalue weighted by Crippen LogP contribution is -2.21. The van der Waals surface area contributed by atoms with Crippen LogP contribution in [-0.2, 0) is 0 Å². The molecule has 1 aliphatic heterocycles. The first-order chi connectivity index (χ1) is 6.83. The summed E-state index contributed by atoms with van der Waals surface area (Å²) in [6, 6.07) is 0.822. The predicted octanol–water partition coefficient (Wildman–Crippen LogP) is 1.85. The fourth-order valence-corrected chi connectivity index (χ4v) is 2.86. The molecule has 2 unspecified atom stereocenters. The molecule has 3 heteroatoms. The molecule has 2 atom stereocenters. The molecule has 14 heavy (non-hydrogen) atoms. The summed E-state index contributed by atoms with van der Waals surface area (Å²) in [5, 5.41) is 3.54. The number of hydrogen-bond acceptors (Lipinski definition) is 3. The third-order valence-electron chi connectivity index (χ3n) is 2.81. The summed E-state index contributed by atoms with van der Waals surface area (Å²) in [6.07, 6.45) is 5.50. The summed E-state index contributed by atoms with van der Waals surface area (Å²) in [7, 11) is 0. The molecular formula is C11H24N2S. The first-order valence-corrected chi connectivity index (χ1v) is 6.99. The summed E-state index contributed by atoms with van der Waals surface area (Å²) in [4.78, 5) is 0. The minimum Gasteiger partial charge on any atom is -0.330 e. The molecule has 1 heterocycles. The highest BCUT2D eigenvalue weighted by Crippen LogP contribution is 2.14. The molecule has 1 aliphatic rings. The molecule has 0 spiro atoms. The Kier molecular flexibility index (Phi) is 6.65. The van der Waals surface area contributed by atoms with Gasteiger partial charge in [0.25, 0.3) is 0 Å². The Morgan fingerprint density at radius 3 is 3.07 bits per heavy atom. The van der Waals surface area contributed by atoms with Crippen LogP contribution in [0.15, 0.2) is 0 Å². The molecule has 0 aliphatic carbocycles. The molecule has 3 N–H and O–H groups in total. The molecule has 0 aromatic heterocycles. The van der Waals surface area contributed by atoms with Gasteiger partial charge in [-0.05, 0) is 56.2 Å². The van der Waals surface area contributed by atoms with E-state index in [0.717, 1.165) is 12.6 Å². The van der Waals surface area contributed by atoms with Crippen LogP contribution in [0.25, 0.3) is 0 Å². The van der Waals surface area contributed by atoms with Crippen molar-refractivity contribution in [3.8, 4) is 0 Å². The maximum atomic E-state index is 5.56. The van der Waals surface area contributed by atoms with Gasteiger partial charge >= 0.3 is 0 Å². The largest absolute Gasteiger partial charge is 0.330 e. The van der Waals surface area contributed by atoms with Gasteiger partial charge in [0, 0.05) is 6.04 Å². The average Bonchev–Trinajstić information content (AvgIpc) is 2.69. The van der Waals surface area contributed by atoms with Crippen LogP contribution < -0.4 is 11.1 Å². The summed E-state index contributed by atoms with van der Waals surface area (Å²) < 4.78 is 0. The van der Waals surface area contributed by atoms with Crippen LogP contribution in [0.4, 0.5) is 0 Å². The number of hydrogen-bond donors (Lipinski definition) is 2. The second-order valence-electron chi connectivity index (χ2n) is 4.35. The van der Waals surface area contributed by atoms with Crippen LogP contribution in [0.2, 0.25) is 0 Å². The van der Waals surface area contributed by atoms with E-state index in [1.165, 1.54) is 43.7 Å². The van der Waals surface area contributed by atoms with Crippen molar-refractivity contribution in [3.63, 3.8) is 0 Å². The van der Waals surface area contributed by atoms with Gasteiger partial charge in [-0.3, -0.25) is 0 Å². The molecule has 0 radical (unpaired) electrons. The Morgan fingerprint density at radius 1 is 1.57 bits per heavy atom. The lowest BCUT2D eigenvalue weighted by Gasteiger charge is -2.10. The standard InChI is InChI=1S/C11H24N2S/c1-10(8-12)9-14-7-3-5-11-4-2-6-13-11/h10-11,13H,2-9,12H2,1H3. The summed E-state index contributed by atoms with van der Waals surface area (Å²) >= 11 is 2.06. The predicted molar refractivity (Wildman–Crippen MR) is 65.8 cm³/mol. The molecule has 1 saturated heterocycles. The van der Waals surface area contributed by atoms with Crippen LogP contribution in [0.3, 0.4) is 0 Å². The highest BCUT2D eigenvalue weighted by atomic mass is 32.2. The third-order valence-corrected chi connectivity index (χ3v) is 4.19. The maximum absolute atomic E-state index is 5.56. The summed E-state index contributed by atoms with van der Waals surface area (Å²) in [5.74, 6) is 3.22. The van der Waals surface area contributed by atoms with Gasteiger partial charge in [0.2, 0.25) is 0 Å². The minimum absolute atomic E-state index is 0.685. The number of nitrogens with one attached hydrogen (secondary N) is 1. The van der Waals surface area contributed by atoms with E-state index < -0.39 is 0 Å². The van der Waals surface area contributed by atoms with Crippen molar-refractivity contribution >= 4 is 11.8 Å². The lowest BCUT2D eigenvalue weighted by atomic mass is 10.1. The minimum atomic E-state index is 0.685. The topological polar surface area (TPSA) is 38.0 Å². The van der Waals surface area contributed by atoms with Crippen molar-refractivity contribution < 1.29 is 0 Å². The molecule has 2 nitrogen and oxygen atoms in total. The summed E-state index contributed by atoms with van der Waals surface area (Å²) in [5.41, 5.74) is 5.56. The molecule has 1 fully saturated rings. The molecule has 1 rings (SSSR count). The highest BCUT2D eigenvalue weighted by molar-refractivity contribution is 7.99. The fraction of sp³-hybridized carbons (Fsp3) is 1.00. The zero-order valence-electron chi connectivity index (χ0n) is 9.30. The lowest BCUT2D eigenvalue weighted by molar-refractivity contribution is 0.553. The molecule has 0 bridgehead atoms. The Morgan fingerprint density at radius 2 is 2.43 bits per heavy atom. The second kappa shape index (κ2) is 7.55. The number of rotatable bonds is 7. The monoisotopic (exact) mass is 216 g/mol. The van der Waals surface area contributed by atoms with Gasteiger partial charge in [-0.2, -0.15) is 11.8 Å². The van der Waals surface area contributed by atoms with Crippen LogP contribution in [-0.4, -0.2) is 30.6 Å². The van der Waals surface area contributed by atoms with Crippen molar-refractivity contribution in [3.05, 3.63) is 0 Å². The van der Waals surface area contributed by atoms with Gasteiger partial charge in [-0.25, -0.2) is 0 Å². The van der Waals surface area contributed by atoms with Gasteiger partial charge in [-0.1, -0.05) is 6.92 Å². The Hall–Kier alpha value is 0.270. The van der Waals surface area contributed by atoms with Gasteiger partial charge in [0.1, 0.15) is 0 Å². The van der Waals surface area contributed by atoms with E-state index >= 15 is 0 Å². The van der Waals surface area contributed by atoms with Crippen molar-refractivity contribution in [2.45, 2.75) is 38.6 Å². The second-order valence-corrected chi connectivity index (χ2v) is 5.50. The smallest absolute Gasteiger partial charge is 0.00678 e. The SMILES string of the molecule is CC(CN)CSCCCC1CCCN1. The Bertz CT molecular complexity index is 135. The summed E-state index contributed by atoms with van der Waals surface area (Å²) in [6.45, 7) is 4.30. The normalized spacial score (nSPS) is 24.0. The maximum Gasteiger partial charge on any atom is 0.00678 e. The van der Waals surface area contributed by atoms with Crippen LogP contribution >= 0.6 is 11.8 Å². The van der Waals surface area contributed by atoms with Crippen molar-refractivity contribution in [1.29, 1.82) is 0 Å².